The maximum Gasteiger partial charge on any atom is 0.275 e. The molecular weight excluding hydrogens is 166 g/mol. The van der Waals surface area contributed by atoms with Crippen molar-refractivity contribution in [3.05, 3.63) is 30.1 Å². The van der Waals surface area contributed by atoms with Crippen LogP contribution in [0.1, 0.15) is 16.8 Å². The molecule has 0 saturated carbocycles. The van der Waals surface area contributed by atoms with Gasteiger partial charge >= 0.3 is 0 Å². The first-order valence-corrected chi connectivity index (χ1v) is 4.12. The van der Waals surface area contributed by atoms with E-state index in [0.717, 1.165) is 6.42 Å². The minimum atomic E-state index is -0.0816. The minimum Gasteiger partial charge on any atom is -0.267 e. The Bertz CT molecular complexity index is 334. The third-order valence-electron chi connectivity index (χ3n) is 1.83. The topological polar surface area (TPSA) is 45.6 Å². The van der Waals surface area contributed by atoms with E-state index in [0.29, 0.717) is 12.1 Å². The van der Waals surface area contributed by atoms with Crippen molar-refractivity contribution in [1.29, 1.82) is 0 Å². The Hall–Kier alpha value is -1.71. The number of carbonyl (C=O) groups is 1. The standard InChI is InChI=1S/C9H9N3O/c13-9(12-6-2-5-11-12)8-3-1-4-10-7-8/h1,3-5,7H,2,6H2. The van der Waals surface area contributed by atoms with Crippen LogP contribution in [-0.4, -0.2) is 28.7 Å². The van der Waals surface area contributed by atoms with E-state index in [-0.39, 0.29) is 5.91 Å². The Morgan fingerprint density at radius 3 is 3.08 bits per heavy atom. The number of aromatic nitrogens is 1. The summed E-state index contributed by atoms with van der Waals surface area (Å²) in [6.07, 6.45) is 5.78. The molecule has 66 valence electrons. The van der Waals surface area contributed by atoms with Crippen molar-refractivity contribution >= 4 is 12.1 Å². The van der Waals surface area contributed by atoms with Crippen molar-refractivity contribution in [1.82, 2.24) is 9.99 Å². The van der Waals surface area contributed by atoms with Crippen LogP contribution in [0.15, 0.2) is 29.6 Å². The van der Waals surface area contributed by atoms with Gasteiger partial charge in [-0.25, -0.2) is 5.01 Å². The summed E-state index contributed by atoms with van der Waals surface area (Å²) in [4.78, 5) is 15.5. The van der Waals surface area contributed by atoms with Crippen LogP contribution in [0.4, 0.5) is 0 Å². The van der Waals surface area contributed by atoms with Gasteiger partial charge < -0.3 is 0 Å². The van der Waals surface area contributed by atoms with E-state index in [1.54, 1.807) is 30.7 Å². The van der Waals surface area contributed by atoms with Crippen LogP contribution < -0.4 is 0 Å². The lowest BCUT2D eigenvalue weighted by Crippen LogP contribution is -2.23. The maximum absolute atomic E-state index is 11.6. The lowest BCUT2D eigenvalue weighted by molar-refractivity contribution is 0.0778. The number of hydrazone groups is 1. The Morgan fingerprint density at radius 1 is 1.54 bits per heavy atom. The first-order chi connectivity index (χ1) is 6.38. The molecule has 0 spiro atoms. The van der Waals surface area contributed by atoms with Crippen molar-refractivity contribution < 1.29 is 4.79 Å². The summed E-state index contributed by atoms with van der Waals surface area (Å²) in [7, 11) is 0. The molecule has 0 saturated heterocycles. The maximum atomic E-state index is 11.6. The van der Waals surface area contributed by atoms with Crippen LogP contribution in [0.25, 0.3) is 0 Å². The van der Waals surface area contributed by atoms with Crippen molar-refractivity contribution in [2.45, 2.75) is 6.42 Å². The number of pyridine rings is 1. The molecule has 0 aromatic carbocycles. The minimum absolute atomic E-state index is 0.0816. The zero-order valence-corrected chi connectivity index (χ0v) is 7.05. The predicted molar refractivity (Wildman–Crippen MR) is 48.4 cm³/mol. The summed E-state index contributed by atoms with van der Waals surface area (Å²) in [6.45, 7) is 0.674. The molecule has 0 N–H and O–H groups in total. The lowest BCUT2D eigenvalue weighted by atomic mass is 10.2. The molecule has 1 aliphatic rings. The van der Waals surface area contributed by atoms with E-state index in [1.165, 1.54) is 5.01 Å². The fourth-order valence-electron chi connectivity index (χ4n) is 1.19. The molecule has 0 fully saturated rings. The Balaban J connectivity index is 2.18. The summed E-state index contributed by atoms with van der Waals surface area (Å²) < 4.78 is 0. The summed E-state index contributed by atoms with van der Waals surface area (Å²) in [5.74, 6) is -0.0816. The van der Waals surface area contributed by atoms with Crippen LogP contribution in [0.5, 0.6) is 0 Å². The van der Waals surface area contributed by atoms with Crippen LogP contribution in [-0.2, 0) is 0 Å². The number of amides is 1. The molecule has 1 aliphatic heterocycles. The second kappa shape index (κ2) is 3.35. The number of hydrogen-bond donors (Lipinski definition) is 0. The molecule has 0 aliphatic carbocycles. The van der Waals surface area contributed by atoms with Crippen LogP contribution >= 0.6 is 0 Å². The monoisotopic (exact) mass is 175 g/mol. The average molecular weight is 175 g/mol. The summed E-state index contributed by atoms with van der Waals surface area (Å²) in [5, 5.41) is 5.40. The SMILES string of the molecule is O=C(c1cccnc1)N1CCC=N1. The highest BCUT2D eigenvalue weighted by Gasteiger charge is 2.16. The first kappa shape index (κ1) is 7.91. The van der Waals surface area contributed by atoms with E-state index in [9.17, 15) is 4.79 Å². The Morgan fingerprint density at radius 2 is 2.46 bits per heavy atom. The number of nitrogens with zero attached hydrogens (tertiary/aromatic N) is 3. The first-order valence-electron chi connectivity index (χ1n) is 4.12. The van der Waals surface area contributed by atoms with Gasteiger partial charge in [0.15, 0.2) is 0 Å². The van der Waals surface area contributed by atoms with Gasteiger partial charge in [0.1, 0.15) is 0 Å². The fourth-order valence-corrected chi connectivity index (χ4v) is 1.19. The molecule has 2 heterocycles. The van der Waals surface area contributed by atoms with Gasteiger partial charge in [-0.15, -0.1) is 0 Å². The third-order valence-corrected chi connectivity index (χ3v) is 1.83. The van der Waals surface area contributed by atoms with E-state index in [2.05, 4.69) is 10.1 Å². The Labute approximate surface area is 75.9 Å². The molecule has 4 nitrogen and oxygen atoms in total. The van der Waals surface area contributed by atoms with Gasteiger partial charge in [-0.3, -0.25) is 9.78 Å². The number of rotatable bonds is 1. The highest BCUT2D eigenvalue weighted by molar-refractivity contribution is 5.94. The molecule has 0 unspecified atom stereocenters. The molecule has 2 rings (SSSR count). The van der Waals surface area contributed by atoms with Crippen LogP contribution in [0, 0.1) is 0 Å². The van der Waals surface area contributed by atoms with Gasteiger partial charge in [-0.2, -0.15) is 5.10 Å². The van der Waals surface area contributed by atoms with E-state index >= 15 is 0 Å². The highest BCUT2D eigenvalue weighted by atomic mass is 16.2. The average Bonchev–Trinajstić information content (AvgIpc) is 2.71. The smallest absolute Gasteiger partial charge is 0.267 e. The number of carbonyl (C=O) groups excluding carboxylic acids is 1. The molecule has 4 heteroatoms. The van der Waals surface area contributed by atoms with E-state index < -0.39 is 0 Å². The number of hydrogen-bond acceptors (Lipinski definition) is 3. The second-order valence-electron chi connectivity index (χ2n) is 2.76. The molecular formula is C9H9N3O. The van der Waals surface area contributed by atoms with Crippen molar-refractivity contribution in [3.63, 3.8) is 0 Å². The molecule has 1 aromatic heterocycles. The van der Waals surface area contributed by atoms with Gasteiger partial charge in [0.2, 0.25) is 0 Å². The van der Waals surface area contributed by atoms with Crippen molar-refractivity contribution in [3.8, 4) is 0 Å². The summed E-state index contributed by atoms with van der Waals surface area (Å²) in [5.41, 5.74) is 0.585. The van der Waals surface area contributed by atoms with E-state index in [4.69, 9.17) is 0 Å². The van der Waals surface area contributed by atoms with Crippen LogP contribution in [0.2, 0.25) is 0 Å². The van der Waals surface area contributed by atoms with Crippen LogP contribution in [0.3, 0.4) is 0 Å². The van der Waals surface area contributed by atoms with Gasteiger partial charge in [-0.05, 0) is 12.1 Å². The lowest BCUT2D eigenvalue weighted by Gasteiger charge is -2.10. The molecule has 1 aromatic rings. The molecule has 0 radical (unpaired) electrons. The predicted octanol–water partition coefficient (Wildman–Crippen LogP) is 0.913. The third kappa shape index (κ3) is 1.56. The Kier molecular flexibility index (Phi) is 2.04. The normalized spacial score (nSPS) is 14.9. The largest absolute Gasteiger partial charge is 0.275 e. The van der Waals surface area contributed by atoms with Gasteiger partial charge in [0.05, 0.1) is 5.56 Å². The van der Waals surface area contributed by atoms with Crippen molar-refractivity contribution in [2.24, 2.45) is 5.10 Å². The van der Waals surface area contributed by atoms with E-state index in [1.807, 2.05) is 0 Å². The highest BCUT2D eigenvalue weighted by Crippen LogP contribution is 2.07. The molecule has 0 bridgehead atoms. The van der Waals surface area contributed by atoms with Crippen molar-refractivity contribution in [2.75, 3.05) is 6.54 Å². The second-order valence-corrected chi connectivity index (χ2v) is 2.76. The quantitative estimate of drug-likeness (QED) is 0.637. The molecule has 1 amide bonds. The summed E-state index contributed by atoms with van der Waals surface area (Å²) >= 11 is 0. The van der Waals surface area contributed by atoms with Gasteiger partial charge in [-0.1, -0.05) is 0 Å². The van der Waals surface area contributed by atoms with Gasteiger partial charge in [0, 0.05) is 31.6 Å². The summed E-state index contributed by atoms with van der Waals surface area (Å²) in [6, 6.07) is 3.48. The molecule has 13 heavy (non-hydrogen) atoms. The zero-order valence-electron chi connectivity index (χ0n) is 7.05. The fraction of sp³-hybridized carbons (Fsp3) is 0.222. The van der Waals surface area contributed by atoms with Gasteiger partial charge in [0.25, 0.3) is 5.91 Å². The molecule has 0 atom stereocenters. The zero-order chi connectivity index (χ0) is 9.10.